The molecule has 1 aliphatic carbocycles. The molecule has 1 fully saturated rings. The molecular weight excluding hydrogens is 346 g/mol. The Morgan fingerprint density at radius 1 is 1.11 bits per heavy atom. The van der Waals surface area contributed by atoms with E-state index >= 15 is 0 Å². The van der Waals surface area contributed by atoms with Crippen molar-refractivity contribution in [2.45, 2.75) is 65.0 Å². The van der Waals surface area contributed by atoms with Crippen LogP contribution in [0.2, 0.25) is 0 Å². The second kappa shape index (κ2) is 7.52. The fourth-order valence-electron chi connectivity index (χ4n) is 3.73. The van der Waals surface area contributed by atoms with Gasteiger partial charge in [0.15, 0.2) is 0 Å². The minimum atomic E-state index is -0.0659. The first-order valence-electron chi connectivity index (χ1n) is 9.97. The third-order valence-electron chi connectivity index (χ3n) is 5.74. The number of nitrogens with zero attached hydrogens (tertiary/aromatic N) is 3. The number of aromatic nitrogens is 2. The molecule has 0 unspecified atom stereocenters. The van der Waals surface area contributed by atoms with Crippen LogP contribution in [-0.2, 0) is 12.0 Å². The minimum absolute atomic E-state index is 0.0659. The molecule has 0 spiro atoms. The first-order chi connectivity index (χ1) is 13.2. The van der Waals surface area contributed by atoms with E-state index in [-0.39, 0.29) is 22.2 Å². The van der Waals surface area contributed by atoms with Gasteiger partial charge in [0, 0.05) is 35.8 Å². The Morgan fingerprint density at radius 3 is 2.36 bits per heavy atom. The highest BCUT2D eigenvalue weighted by atomic mass is 15.1. The lowest BCUT2D eigenvalue weighted by atomic mass is 9.78. The van der Waals surface area contributed by atoms with Crippen molar-refractivity contribution in [1.82, 2.24) is 15.3 Å². The van der Waals surface area contributed by atoms with E-state index in [0.717, 1.165) is 17.9 Å². The van der Waals surface area contributed by atoms with Crippen molar-refractivity contribution in [3.63, 3.8) is 0 Å². The number of hydrogen-bond acceptors (Lipinski definition) is 5. The summed E-state index contributed by atoms with van der Waals surface area (Å²) in [5.74, 6) is 0.941. The largest absolute Gasteiger partial charge is 0.369 e. The van der Waals surface area contributed by atoms with Crippen molar-refractivity contribution in [1.29, 1.82) is 5.26 Å². The van der Waals surface area contributed by atoms with Crippen LogP contribution in [0.1, 0.15) is 64.4 Å². The number of anilines is 1. The van der Waals surface area contributed by atoms with Gasteiger partial charge in [-0.05, 0) is 37.7 Å². The zero-order valence-corrected chi connectivity index (χ0v) is 17.6. The molecule has 28 heavy (non-hydrogen) atoms. The molecular formula is C23H31N5. The number of rotatable bonds is 7. The quantitative estimate of drug-likeness (QED) is 0.748. The molecule has 148 valence electrons. The van der Waals surface area contributed by atoms with Gasteiger partial charge in [-0.3, -0.25) is 0 Å². The highest BCUT2D eigenvalue weighted by Gasteiger charge is 2.55. The van der Waals surface area contributed by atoms with Crippen molar-refractivity contribution in [2.75, 3.05) is 11.9 Å². The number of nitrogens with one attached hydrogen (secondary N) is 2. The van der Waals surface area contributed by atoms with Crippen LogP contribution < -0.4 is 10.6 Å². The van der Waals surface area contributed by atoms with Crippen LogP contribution in [0.15, 0.2) is 36.5 Å². The predicted molar refractivity (Wildman–Crippen MR) is 113 cm³/mol. The first kappa shape index (κ1) is 20.3. The van der Waals surface area contributed by atoms with E-state index in [0.29, 0.717) is 6.54 Å². The molecule has 0 amide bonds. The summed E-state index contributed by atoms with van der Waals surface area (Å²) in [6, 6.07) is 12.8. The molecule has 1 saturated carbocycles. The van der Waals surface area contributed by atoms with Crippen LogP contribution in [0.25, 0.3) is 0 Å². The second-order valence-corrected chi connectivity index (χ2v) is 9.52. The van der Waals surface area contributed by atoms with Gasteiger partial charge in [0.2, 0.25) is 5.82 Å². The van der Waals surface area contributed by atoms with Gasteiger partial charge in [-0.1, -0.05) is 51.1 Å². The molecule has 0 atom stereocenters. The summed E-state index contributed by atoms with van der Waals surface area (Å²) in [4.78, 5) is 8.59. The van der Waals surface area contributed by atoms with Gasteiger partial charge in [-0.25, -0.2) is 9.97 Å². The van der Waals surface area contributed by atoms with E-state index in [9.17, 15) is 0 Å². The third kappa shape index (κ3) is 4.34. The van der Waals surface area contributed by atoms with Crippen LogP contribution in [0, 0.1) is 16.7 Å². The predicted octanol–water partition coefficient (Wildman–Crippen LogP) is 4.41. The topological polar surface area (TPSA) is 73.6 Å². The van der Waals surface area contributed by atoms with E-state index < -0.39 is 0 Å². The van der Waals surface area contributed by atoms with E-state index in [4.69, 9.17) is 5.26 Å². The monoisotopic (exact) mass is 377 g/mol. The van der Waals surface area contributed by atoms with Crippen molar-refractivity contribution < 1.29 is 0 Å². The Labute approximate surface area is 168 Å². The van der Waals surface area contributed by atoms with Crippen LogP contribution >= 0.6 is 0 Å². The molecule has 2 N–H and O–H groups in total. The van der Waals surface area contributed by atoms with Crippen LogP contribution in [-0.4, -0.2) is 22.1 Å². The lowest BCUT2D eigenvalue weighted by Crippen LogP contribution is -2.49. The summed E-state index contributed by atoms with van der Waals surface area (Å²) in [6.45, 7) is 12.5. The minimum Gasteiger partial charge on any atom is -0.369 e. The highest BCUT2D eigenvalue weighted by molar-refractivity contribution is 5.45. The van der Waals surface area contributed by atoms with Crippen molar-refractivity contribution >= 4 is 5.82 Å². The molecule has 0 aliphatic heterocycles. The summed E-state index contributed by atoms with van der Waals surface area (Å²) >= 11 is 0. The Morgan fingerprint density at radius 2 is 1.79 bits per heavy atom. The van der Waals surface area contributed by atoms with Gasteiger partial charge in [-0.2, -0.15) is 5.26 Å². The van der Waals surface area contributed by atoms with Crippen molar-refractivity contribution in [3.8, 4) is 6.07 Å². The molecule has 5 nitrogen and oxygen atoms in total. The molecule has 0 bridgehead atoms. The fourth-order valence-corrected chi connectivity index (χ4v) is 3.73. The summed E-state index contributed by atoms with van der Waals surface area (Å²) < 4.78 is 0. The van der Waals surface area contributed by atoms with Gasteiger partial charge in [0.1, 0.15) is 11.9 Å². The highest BCUT2D eigenvalue weighted by Crippen LogP contribution is 2.55. The smallest absolute Gasteiger partial charge is 0.234 e. The van der Waals surface area contributed by atoms with Gasteiger partial charge in [0.25, 0.3) is 0 Å². The summed E-state index contributed by atoms with van der Waals surface area (Å²) in [5.41, 5.74) is 2.60. The third-order valence-corrected chi connectivity index (χ3v) is 5.74. The van der Waals surface area contributed by atoms with Crippen LogP contribution in [0.4, 0.5) is 5.82 Å². The van der Waals surface area contributed by atoms with E-state index in [2.05, 4.69) is 85.6 Å². The zero-order valence-electron chi connectivity index (χ0n) is 17.6. The molecule has 1 aliphatic rings. The molecule has 5 heteroatoms. The lowest BCUT2D eigenvalue weighted by molar-refractivity contribution is 0.298. The number of nitriles is 1. The number of hydrogen-bond donors (Lipinski definition) is 2. The maximum Gasteiger partial charge on any atom is 0.234 e. The fraction of sp³-hybridized carbons (Fsp3) is 0.522. The van der Waals surface area contributed by atoms with Crippen molar-refractivity contribution in [3.05, 3.63) is 53.5 Å². The second-order valence-electron chi connectivity index (χ2n) is 9.52. The Bertz CT molecular complexity index is 855. The van der Waals surface area contributed by atoms with Crippen molar-refractivity contribution in [2.24, 2.45) is 5.41 Å². The van der Waals surface area contributed by atoms with Gasteiger partial charge in [-0.15, -0.1) is 0 Å². The Balaban J connectivity index is 1.77. The average Bonchev–Trinajstić information content (AvgIpc) is 3.48. The maximum atomic E-state index is 9.16. The van der Waals surface area contributed by atoms with E-state index in [1.807, 2.05) is 6.07 Å². The Kier molecular flexibility index (Phi) is 5.45. The average molecular weight is 378 g/mol. The molecule has 1 heterocycles. The zero-order chi connectivity index (χ0) is 20.4. The normalized spacial score (nSPS) is 15.7. The Hall–Kier alpha value is -2.45. The van der Waals surface area contributed by atoms with Gasteiger partial charge < -0.3 is 10.6 Å². The van der Waals surface area contributed by atoms with Crippen LogP contribution in [0.5, 0.6) is 0 Å². The summed E-state index contributed by atoms with van der Waals surface area (Å²) in [6.07, 6.45) is 4.15. The first-order valence-corrected chi connectivity index (χ1v) is 9.97. The molecule has 0 saturated heterocycles. The van der Waals surface area contributed by atoms with Gasteiger partial charge >= 0.3 is 0 Å². The van der Waals surface area contributed by atoms with E-state index in [1.54, 1.807) is 6.20 Å². The molecule has 3 rings (SSSR count). The van der Waals surface area contributed by atoms with E-state index in [1.165, 1.54) is 18.4 Å². The van der Waals surface area contributed by atoms with Gasteiger partial charge in [0.05, 0.1) is 0 Å². The standard InChI is InChI=1S/C23H31N5/c1-21(2,3)16-26-20-17(14-25-19(13-24)28-20)15-27-22(4,5)23(11-12-23)18-9-7-6-8-10-18/h6-10,14,27H,11-12,15-16H2,1-5H3,(H,25,26,28). The molecule has 1 aromatic carbocycles. The summed E-state index contributed by atoms with van der Waals surface area (Å²) in [7, 11) is 0. The number of benzene rings is 1. The SMILES string of the molecule is CC(C)(C)CNc1nc(C#N)ncc1CNC(C)(C)C1(c2ccccc2)CC1. The van der Waals surface area contributed by atoms with Crippen LogP contribution in [0.3, 0.4) is 0 Å². The lowest BCUT2D eigenvalue weighted by Gasteiger charge is -2.37. The molecule has 1 aromatic heterocycles. The maximum absolute atomic E-state index is 9.16. The summed E-state index contributed by atoms with van der Waals surface area (Å²) in [5, 5.41) is 16.3. The molecule has 0 radical (unpaired) electrons. The molecule has 2 aromatic rings.